The molecule has 3 N–H and O–H groups in total. The van der Waals surface area contributed by atoms with Crippen molar-refractivity contribution in [3.63, 3.8) is 0 Å². The first-order chi connectivity index (χ1) is 9.44. The van der Waals surface area contributed by atoms with Gasteiger partial charge >= 0.3 is 0 Å². The van der Waals surface area contributed by atoms with Crippen LogP contribution in [0.1, 0.15) is 4.88 Å². The highest BCUT2D eigenvalue weighted by atomic mass is 79.9. The van der Waals surface area contributed by atoms with Gasteiger partial charge in [-0.15, -0.1) is 11.3 Å². The zero-order chi connectivity index (χ0) is 14.8. The minimum Gasteiger partial charge on any atom is -0.497 e. The molecule has 0 bridgehead atoms. The summed E-state index contributed by atoms with van der Waals surface area (Å²) in [5.74, 6) is 0.561. The van der Waals surface area contributed by atoms with Gasteiger partial charge in [-0.1, -0.05) is 15.9 Å². The van der Waals surface area contributed by atoms with Crippen molar-refractivity contribution in [2.45, 2.75) is 10.8 Å². The summed E-state index contributed by atoms with van der Waals surface area (Å²) >= 11 is 4.46. The highest BCUT2D eigenvalue weighted by Crippen LogP contribution is 2.28. The van der Waals surface area contributed by atoms with Crippen molar-refractivity contribution in [1.29, 1.82) is 0 Å². The third-order valence-electron chi connectivity index (χ3n) is 2.46. The number of ether oxygens (including phenoxy) is 1. The van der Waals surface area contributed by atoms with Crippen LogP contribution in [-0.2, 0) is 16.6 Å². The van der Waals surface area contributed by atoms with Crippen molar-refractivity contribution in [2.24, 2.45) is 5.73 Å². The van der Waals surface area contributed by atoms with E-state index in [0.717, 1.165) is 20.7 Å². The zero-order valence-corrected chi connectivity index (χ0v) is 13.8. The van der Waals surface area contributed by atoms with Crippen LogP contribution in [0.3, 0.4) is 0 Å². The maximum Gasteiger partial charge on any atom is 0.271 e. The molecule has 0 aliphatic heterocycles. The van der Waals surface area contributed by atoms with E-state index in [1.54, 1.807) is 30.3 Å². The summed E-state index contributed by atoms with van der Waals surface area (Å²) in [6, 6.07) is 8.28. The molecule has 0 amide bonds. The minimum atomic E-state index is -3.61. The van der Waals surface area contributed by atoms with Gasteiger partial charge in [0.2, 0.25) is 0 Å². The zero-order valence-electron chi connectivity index (χ0n) is 10.6. The second-order valence-corrected chi connectivity index (χ2v) is 7.90. The van der Waals surface area contributed by atoms with E-state index >= 15 is 0 Å². The van der Waals surface area contributed by atoms with E-state index in [0.29, 0.717) is 18.0 Å². The largest absolute Gasteiger partial charge is 0.497 e. The average Bonchev–Trinajstić information content (AvgIpc) is 2.87. The number of anilines is 1. The highest BCUT2D eigenvalue weighted by molar-refractivity contribution is 9.10. The molecule has 0 spiro atoms. The van der Waals surface area contributed by atoms with Crippen LogP contribution in [0, 0.1) is 0 Å². The summed E-state index contributed by atoms with van der Waals surface area (Å²) in [6.45, 7) is 0.324. The predicted octanol–water partition coefficient (Wildman–Crippen LogP) is 2.78. The molecule has 1 heterocycles. The number of hydrogen-bond donors (Lipinski definition) is 2. The third-order valence-corrected chi connectivity index (χ3v) is 5.90. The van der Waals surface area contributed by atoms with Crippen molar-refractivity contribution in [2.75, 3.05) is 11.8 Å². The quantitative estimate of drug-likeness (QED) is 0.840. The topological polar surface area (TPSA) is 81.4 Å². The molecule has 2 aromatic rings. The maximum atomic E-state index is 12.2. The standard InChI is InChI=1S/C12H13BrN2O3S2/c1-18-10-5-8(13)4-9(6-10)15-20(16,17)12-3-2-11(7-14)19-12/h2-6,15H,7,14H2,1H3. The Balaban J connectivity index is 2.30. The fourth-order valence-electron chi connectivity index (χ4n) is 1.56. The minimum absolute atomic E-state index is 0.233. The van der Waals surface area contributed by atoms with Crippen molar-refractivity contribution < 1.29 is 13.2 Å². The Bertz CT molecular complexity index is 713. The molecule has 1 aromatic carbocycles. The smallest absolute Gasteiger partial charge is 0.271 e. The first-order valence-corrected chi connectivity index (χ1v) is 8.70. The van der Waals surface area contributed by atoms with E-state index in [4.69, 9.17) is 10.5 Å². The second kappa shape index (κ2) is 6.13. The molecule has 20 heavy (non-hydrogen) atoms. The average molecular weight is 377 g/mol. The van der Waals surface area contributed by atoms with E-state index < -0.39 is 10.0 Å². The van der Waals surface area contributed by atoms with Crippen molar-refractivity contribution >= 4 is 43.0 Å². The van der Waals surface area contributed by atoms with E-state index in [2.05, 4.69) is 20.7 Å². The number of nitrogens with two attached hydrogens (primary N) is 1. The fraction of sp³-hybridized carbons (Fsp3) is 0.167. The van der Waals surface area contributed by atoms with Crippen molar-refractivity contribution in [3.05, 3.63) is 39.7 Å². The normalized spacial score (nSPS) is 11.3. The molecule has 0 radical (unpaired) electrons. The fourth-order valence-corrected chi connectivity index (χ4v) is 4.30. The molecule has 1 aromatic heterocycles. The van der Waals surface area contributed by atoms with Gasteiger partial charge in [0.15, 0.2) is 0 Å². The van der Waals surface area contributed by atoms with Crippen LogP contribution in [0.2, 0.25) is 0 Å². The lowest BCUT2D eigenvalue weighted by atomic mass is 10.3. The lowest BCUT2D eigenvalue weighted by Gasteiger charge is -2.08. The molecule has 8 heteroatoms. The molecule has 108 valence electrons. The van der Waals surface area contributed by atoms with Crippen LogP contribution in [0.5, 0.6) is 5.75 Å². The van der Waals surface area contributed by atoms with E-state index in [1.807, 2.05) is 0 Å². The number of benzene rings is 1. The van der Waals surface area contributed by atoms with Crippen LogP contribution in [0.15, 0.2) is 39.0 Å². The van der Waals surface area contributed by atoms with Crippen LogP contribution < -0.4 is 15.2 Å². The summed E-state index contributed by atoms with van der Waals surface area (Å²) < 4.78 is 33.1. The molecule has 0 aliphatic carbocycles. The van der Waals surface area contributed by atoms with Gasteiger partial charge in [-0.3, -0.25) is 4.72 Å². The first kappa shape index (κ1) is 15.3. The Hall–Kier alpha value is -1.09. The van der Waals surface area contributed by atoms with Crippen molar-refractivity contribution in [3.8, 4) is 5.75 Å². The number of hydrogen-bond acceptors (Lipinski definition) is 5. The molecule has 0 fully saturated rings. The SMILES string of the molecule is COc1cc(Br)cc(NS(=O)(=O)c2ccc(CN)s2)c1. The molecule has 0 saturated carbocycles. The van der Waals surface area contributed by atoms with Gasteiger partial charge in [-0.05, 0) is 24.3 Å². The summed E-state index contributed by atoms with van der Waals surface area (Å²) in [6.07, 6.45) is 0. The van der Waals surface area contributed by atoms with Gasteiger partial charge in [-0.2, -0.15) is 0 Å². The number of halogens is 1. The maximum absolute atomic E-state index is 12.2. The highest BCUT2D eigenvalue weighted by Gasteiger charge is 2.17. The number of rotatable bonds is 5. The monoisotopic (exact) mass is 376 g/mol. The lowest BCUT2D eigenvalue weighted by molar-refractivity contribution is 0.415. The Morgan fingerprint density at radius 1 is 1.35 bits per heavy atom. The molecule has 0 atom stereocenters. The number of methoxy groups -OCH3 is 1. The van der Waals surface area contributed by atoms with Crippen LogP contribution >= 0.6 is 27.3 Å². The summed E-state index contributed by atoms with van der Waals surface area (Å²) in [5, 5.41) is 0. The Kier molecular flexibility index (Phi) is 4.69. The van der Waals surface area contributed by atoms with Gasteiger partial charge in [0.1, 0.15) is 9.96 Å². The Morgan fingerprint density at radius 3 is 2.70 bits per heavy atom. The molecular formula is C12H13BrN2O3S2. The van der Waals surface area contributed by atoms with Gasteiger partial charge in [0.25, 0.3) is 10.0 Å². The summed E-state index contributed by atoms with van der Waals surface area (Å²) in [5.41, 5.74) is 5.92. The predicted molar refractivity (Wildman–Crippen MR) is 83.7 cm³/mol. The van der Waals surface area contributed by atoms with Gasteiger partial charge in [0, 0.05) is 22.0 Å². The molecule has 0 aliphatic rings. The first-order valence-electron chi connectivity index (χ1n) is 5.61. The van der Waals surface area contributed by atoms with Crippen LogP contribution in [0.25, 0.3) is 0 Å². The Labute approximate surface area is 129 Å². The molecular weight excluding hydrogens is 364 g/mol. The summed E-state index contributed by atoms with van der Waals surface area (Å²) in [4.78, 5) is 0.817. The van der Waals surface area contributed by atoms with Crippen LogP contribution in [0.4, 0.5) is 5.69 Å². The van der Waals surface area contributed by atoms with Gasteiger partial charge in [0.05, 0.1) is 12.8 Å². The number of sulfonamides is 1. The third kappa shape index (κ3) is 3.51. The molecule has 0 saturated heterocycles. The van der Waals surface area contributed by atoms with Crippen LogP contribution in [-0.4, -0.2) is 15.5 Å². The lowest BCUT2D eigenvalue weighted by Crippen LogP contribution is -2.11. The van der Waals surface area contributed by atoms with E-state index in [1.165, 1.54) is 7.11 Å². The van der Waals surface area contributed by atoms with Crippen molar-refractivity contribution in [1.82, 2.24) is 0 Å². The number of nitrogens with one attached hydrogen (secondary N) is 1. The van der Waals surface area contributed by atoms with E-state index in [9.17, 15) is 8.42 Å². The van der Waals surface area contributed by atoms with E-state index in [-0.39, 0.29) is 4.21 Å². The van der Waals surface area contributed by atoms with Gasteiger partial charge < -0.3 is 10.5 Å². The Morgan fingerprint density at radius 2 is 2.10 bits per heavy atom. The molecule has 0 unspecified atom stereocenters. The number of thiophene rings is 1. The summed E-state index contributed by atoms with van der Waals surface area (Å²) in [7, 11) is -2.09. The van der Waals surface area contributed by atoms with Gasteiger partial charge in [-0.25, -0.2) is 8.42 Å². The molecule has 5 nitrogen and oxygen atoms in total. The molecule has 2 rings (SSSR count). The second-order valence-electron chi connectivity index (χ2n) is 3.91.